The molecule has 0 amide bonds. The Balaban J connectivity index is 2.43. The van der Waals surface area contributed by atoms with Crippen LogP contribution in [0.25, 0.3) is 0 Å². The monoisotopic (exact) mass is 241 g/mol. The normalized spacial score (nSPS) is 26.9. The molecule has 1 unspecified atom stereocenters. The smallest absolute Gasteiger partial charge is 0.323 e. The highest BCUT2D eigenvalue weighted by atomic mass is 16.5. The molecule has 0 spiro atoms. The fourth-order valence-corrected chi connectivity index (χ4v) is 2.65. The third kappa shape index (κ3) is 4.30. The maximum atomic E-state index is 11.7. The van der Waals surface area contributed by atoms with Gasteiger partial charge < -0.3 is 10.1 Å². The molecule has 0 aromatic heterocycles. The molecule has 0 bridgehead atoms. The van der Waals surface area contributed by atoms with E-state index in [4.69, 9.17) is 4.74 Å². The van der Waals surface area contributed by atoms with Gasteiger partial charge in [0, 0.05) is 6.04 Å². The Labute approximate surface area is 105 Å². The first-order valence-electron chi connectivity index (χ1n) is 6.92. The van der Waals surface area contributed by atoms with Crippen LogP contribution in [-0.2, 0) is 9.53 Å². The molecule has 1 fully saturated rings. The average molecular weight is 241 g/mol. The van der Waals surface area contributed by atoms with Crippen LogP contribution in [0.1, 0.15) is 52.9 Å². The lowest BCUT2D eigenvalue weighted by atomic mass is 9.84. The molecule has 0 aliphatic heterocycles. The SMILES string of the molecule is CCC1CCC(NC(C(=O)OC)C(C)C)CC1. The summed E-state index contributed by atoms with van der Waals surface area (Å²) in [5.74, 6) is 1.05. The number of hydrogen-bond acceptors (Lipinski definition) is 3. The number of ether oxygens (including phenoxy) is 1. The molecule has 0 aromatic carbocycles. The van der Waals surface area contributed by atoms with Gasteiger partial charge in [0.2, 0.25) is 0 Å². The van der Waals surface area contributed by atoms with E-state index < -0.39 is 0 Å². The van der Waals surface area contributed by atoms with Gasteiger partial charge >= 0.3 is 5.97 Å². The van der Waals surface area contributed by atoms with Crippen LogP contribution in [-0.4, -0.2) is 25.2 Å². The van der Waals surface area contributed by atoms with Crippen molar-refractivity contribution in [1.82, 2.24) is 5.32 Å². The molecule has 100 valence electrons. The van der Waals surface area contributed by atoms with Crippen molar-refractivity contribution in [1.29, 1.82) is 0 Å². The number of rotatable bonds is 5. The van der Waals surface area contributed by atoms with E-state index in [-0.39, 0.29) is 17.9 Å². The Bertz CT molecular complexity index is 232. The van der Waals surface area contributed by atoms with Crippen LogP contribution in [0.5, 0.6) is 0 Å². The van der Waals surface area contributed by atoms with Crippen molar-refractivity contribution in [2.45, 2.75) is 65.0 Å². The molecule has 1 rings (SSSR count). The maximum absolute atomic E-state index is 11.7. The predicted octanol–water partition coefficient (Wildman–Crippen LogP) is 2.74. The first kappa shape index (κ1) is 14.5. The Kier molecular flexibility index (Phi) is 5.96. The summed E-state index contributed by atoms with van der Waals surface area (Å²) >= 11 is 0. The highest BCUT2D eigenvalue weighted by Gasteiger charge is 2.28. The Morgan fingerprint density at radius 1 is 1.29 bits per heavy atom. The third-order valence-corrected chi connectivity index (χ3v) is 3.96. The van der Waals surface area contributed by atoms with E-state index in [9.17, 15) is 4.79 Å². The van der Waals surface area contributed by atoms with Gasteiger partial charge in [-0.1, -0.05) is 27.2 Å². The van der Waals surface area contributed by atoms with Crippen molar-refractivity contribution in [3.63, 3.8) is 0 Å². The number of nitrogens with one attached hydrogen (secondary N) is 1. The van der Waals surface area contributed by atoms with Gasteiger partial charge in [0.05, 0.1) is 7.11 Å². The number of methoxy groups -OCH3 is 1. The van der Waals surface area contributed by atoms with Crippen LogP contribution in [0.3, 0.4) is 0 Å². The quantitative estimate of drug-likeness (QED) is 0.752. The van der Waals surface area contributed by atoms with Gasteiger partial charge in [-0.25, -0.2) is 0 Å². The Hall–Kier alpha value is -0.570. The van der Waals surface area contributed by atoms with Crippen molar-refractivity contribution in [3.05, 3.63) is 0 Å². The zero-order valence-electron chi connectivity index (χ0n) is 11.7. The van der Waals surface area contributed by atoms with Crippen molar-refractivity contribution < 1.29 is 9.53 Å². The number of esters is 1. The average Bonchev–Trinajstić information content (AvgIpc) is 2.35. The van der Waals surface area contributed by atoms with Crippen molar-refractivity contribution in [2.24, 2.45) is 11.8 Å². The molecule has 1 aliphatic carbocycles. The first-order chi connectivity index (χ1) is 8.08. The summed E-state index contributed by atoms with van der Waals surface area (Å²) in [6, 6.07) is 0.340. The Morgan fingerprint density at radius 2 is 1.88 bits per heavy atom. The van der Waals surface area contributed by atoms with Crippen LogP contribution in [0, 0.1) is 11.8 Å². The summed E-state index contributed by atoms with van der Waals surface area (Å²) in [4.78, 5) is 11.7. The molecule has 0 heterocycles. The van der Waals surface area contributed by atoms with Crippen LogP contribution in [0.15, 0.2) is 0 Å². The van der Waals surface area contributed by atoms with Crippen molar-refractivity contribution in [2.75, 3.05) is 7.11 Å². The zero-order valence-corrected chi connectivity index (χ0v) is 11.7. The topological polar surface area (TPSA) is 38.3 Å². The van der Waals surface area contributed by atoms with Crippen LogP contribution in [0.2, 0.25) is 0 Å². The Morgan fingerprint density at radius 3 is 2.29 bits per heavy atom. The van der Waals surface area contributed by atoms with Crippen LogP contribution >= 0.6 is 0 Å². The molecular weight excluding hydrogens is 214 g/mol. The highest BCUT2D eigenvalue weighted by molar-refractivity contribution is 5.75. The molecule has 3 heteroatoms. The van der Waals surface area contributed by atoms with Gasteiger partial charge in [0.15, 0.2) is 0 Å². The second-order valence-corrected chi connectivity index (χ2v) is 5.54. The molecule has 0 radical (unpaired) electrons. The number of carbonyl (C=O) groups is 1. The molecule has 0 saturated heterocycles. The van der Waals surface area contributed by atoms with E-state index in [0.29, 0.717) is 6.04 Å². The number of hydrogen-bond donors (Lipinski definition) is 1. The molecule has 0 aromatic rings. The van der Waals surface area contributed by atoms with Crippen LogP contribution in [0.4, 0.5) is 0 Å². The lowest BCUT2D eigenvalue weighted by Crippen LogP contribution is -2.48. The summed E-state index contributed by atoms with van der Waals surface area (Å²) in [6.45, 7) is 6.39. The minimum atomic E-state index is -0.150. The van der Waals surface area contributed by atoms with E-state index in [2.05, 4.69) is 26.1 Å². The van der Waals surface area contributed by atoms with Gasteiger partial charge in [0.25, 0.3) is 0 Å². The molecule has 1 atom stereocenters. The largest absolute Gasteiger partial charge is 0.468 e. The molecule has 3 nitrogen and oxygen atoms in total. The zero-order chi connectivity index (χ0) is 12.8. The second-order valence-electron chi connectivity index (χ2n) is 5.54. The molecule has 17 heavy (non-hydrogen) atoms. The van der Waals surface area contributed by atoms with E-state index in [0.717, 1.165) is 5.92 Å². The fraction of sp³-hybridized carbons (Fsp3) is 0.929. The van der Waals surface area contributed by atoms with Gasteiger partial charge in [-0.15, -0.1) is 0 Å². The summed E-state index contributed by atoms with van der Waals surface area (Å²) in [5, 5.41) is 3.48. The van der Waals surface area contributed by atoms with Gasteiger partial charge in [0.1, 0.15) is 6.04 Å². The van der Waals surface area contributed by atoms with E-state index in [1.807, 2.05) is 0 Å². The predicted molar refractivity (Wildman–Crippen MR) is 69.8 cm³/mol. The second kappa shape index (κ2) is 7.00. The summed E-state index contributed by atoms with van der Waals surface area (Å²) in [7, 11) is 1.47. The van der Waals surface area contributed by atoms with Gasteiger partial charge in [-0.3, -0.25) is 4.79 Å². The van der Waals surface area contributed by atoms with Crippen molar-refractivity contribution >= 4 is 5.97 Å². The van der Waals surface area contributed by atoms with Gasteiger partial charge in [-0.2, -0.15) is 0 Å². The van der Waals surface area contributed by atoms with Crippen LogP contribution < -0.4 is 5.32 Å². The molecule has 1 aliphatic rings. The molecular formula is C14H27NO2. The first-order valence-corrected chi connectivity index (χ1v) is 6.92. The van der Waals surface area contributed by atoms with E-state index in [1.165, 1.54) is 39.2 Å². The number of carbonyl (C=O) groups excluding carboxylic acids is 1. The maximum Gasteiger partial charge on any atom is 0.323 e. The summed E-state index contributed by atoms with van der Waals surface area (Å²) in [6.07, 6.45) is 6.26. The molecule has 1 saturated carbocycles. The minimum absolute atomic E-state index is 0.127. The lowest BCUT2D eigenvalue weighted by molar-refractivity contribution is -0.144. The lowest BCUT2D eigenvalue weighted by Gasteiger charge is -2.32. The van der Waals surface area contributed by atoms with E-state index in [1.54, 1.807) is 0 Å². The van der Waals surface area contributed by atoms with Crippen molar-refractivity contribution in [3.8, 4) is 0 Å². The minimum Gasteiger partial charge on any atom is -0.468 e. The summed E-state index contributed by atoms with van der Waals surface area (Å²) in [5.41, 5.74) is 0. The molecule has 1 N–H and O–H groups in total. The summed E-state index contributed by atoms with van der Waals surface area (Å²) < 4.78 is 4.86. The third-order valence-electron chi connectivity index (χ3n) is 3.96. The standard InChI is InChI=1S/C14H27NO2/c1-5-11-6-8-12(9-7-11)15-13(10(2)3)14(16)17-4/h10-13,15H,5-9H2,1-4H3. The van der Waals surface area contributed by atoms with E-state index >= 15 is 0 Å². The fourth-order valence-electron chi connectivity index (χ4n) is 2.65. The highest BCUT2D eigenvalue weighted by Crippen LogP contribution is 2.27. The van der Waals surface area contributed by atoms with Gasteiger partial charge in [-0.05, 0) is 37.5 Å².